The number of anilines is 4. The molecule has 0 heterocycles. The van der Waals surface area contributed by atoms with Crippen molar-refractivity contribution in [3.63, 3.8) is 0 Å². The largest absolute Gasteiger partial charge is 0.397 e. The first-order valence-electron chi connectivity index (χ1n) is 6.61. The van der Waals surface area contributed by atoms with Crippen molar-refractivity contribution in [3.8, 4) is 0 Å². The zero-order valence-corrected chi connectivity index (χ0v) is 13.1. The average Bonchev–Trinajstić information content (AvgIpc) is 2.40. The molecule has 21 heavy (non-hydrogen) atoms. The summed E-state index contributed by atoms with van der Waals surface area (Å²) in [5.74, 6) is -0.641. The van der Waals surface area contributed by atoms with Crippen LogP contribution in [0.5, 0.6) is 0 Å². The van der Waals surface area contributed by atoms with Crippen LogP contribution in [0.25, 0.3) is 0 Å². The standard InChI is InChI=1S/C16H19ClFN3/c1-16(2,3)9-6-4-5-7-12(9)21-15-11(20)8-10(19)13(17)14(15)18/h4-8,21H,19-20H2,1-3H3. The minimum absolute atomic E-state index is 0.0908. The molecule has 2 aromatic carbocycles. The average molecular weight is 308 g/mol. The highest BCUT2D eigenvalue weighted by Gasteiger charge is 2.20. The second-order valence-corrected chi connectivity index (χ2v) is 6.36. The maximum Gasteiger partial charge on any atom is 0.169 e. The van der Waals surface area contributed by atoms with Crippen LogP contribution >= 0.6 is 11.6 Å². The number of hydrogen-bond acceptors (Lipinski definition) is 3. The van der Waals surface area contributed by atoms with Gasteiger partial charge >= 0.3 is 0 Å². The summed E-state index contributed by atoms with van der Waals surface area (Å²) in [6.07, 6.45) is 0. The lowest BCUT2D eigenvalue weighted by Crippen LogP contribution is -2.14. The third-order valence-electron chi connectivity index (χ3n) is 3.26. The van der Waals surface area contributed by atoms with Crippen LogP contribution in [0.1, 0.15) is 26.3 Å². The van der Waals surface area contributed by atoms with Gasteiger partial charge in [-0.3, -0.25) is 0 Å². The maximum atomic E-state index is 14.3. The van der Waals surface area contributed by atoms with Gasteiger partial charge < -0.3 is 16.8 Å². The zero-order valence-electron chi connectivity index (χ0n) is 12.3. The number of nitrogen functional groups attached to an aromatic ring is 2. The zero-order chi connectivity index (χ0) is 15.8. The lowest BCUT2D eigenvalue weighted by atomic mass is 9.86. The molecular formula is C16H19ClFN3. The molecule has 5 heteroatoms. The SMILES string of the molecule is CC(C)(C)c1ccccc1Nc1c(N)cc(N)c(Cl)c1F. The third kappa shape index (κ3) is 3.05. The molecule has 5 N–H and O–H groups in total. The molecule has 0 spiro atoms. The van der Waals surface area contributed by atoms with E-state index in [1.54, 1.807) is 0 Å². The summed E-state index contributed by atoms with van der Waals surface area (Å²) < 4.78 is 14.3. The van der Waals surface area contributed by atoms with Gasteiger partial charge in [0.1, 0.15) is 5.02 Å². The fourth-order valence-corrected chi connectivity index (χ4v) is 2.32. The molecule has 0 atom stereocenters. The van der Waals surface area contributed by atoms with Crippen molar-refractivity contribution in [1.82, 2.24) is 0 Å². The smallest absolute Gasteiger partial charge is 0.169 e. The van der Waals surface area contributed by atoms with Gasteiger partial charge in [0.2, 0.25) is 0 Å². The van der Waals surface area contributed by atoms with Crippen LogP contribution in [0.2, 0.25) is 5.02 Å². The van der Waals surface area contributed by atoms with Gasteiger partial charge in [-0.25, -0.2) is 4.39 Å². The van der Waals surface area contributed by atoms with E-state index < -0.39 is 5.82 Å². The van der Waals surface area contributed by atoms with E-state index in [2.05, 4.69) is 26.1 Å². The maximum absolute atomic E-state index is 14.3. The predicted octanol–water partition coefficient (Wildman–Crippen LogP) is 4.68. The number of rotatable bonds is 2. The number of para-hydroxylation sites is 1. The predicted molar refractivity (Wildman–Crippen MR) is 88.7 cm³/mol. The van der Waals surface area contributed by atoms with Crippen LogP contribution in [-0.2, 0) is 5.41 Å². The Labute approximate surface area is 129 Å². The summed E-state index contributed by atoms with van der Waals surface area (Å²) in [6, 6.07) is 9.15. The normalized spacial score (nSPS) is 11.5. The molecule has 112 valence electrons. The van der Waals surface area contributed by atoms with Gasteiger partial charge in [-0.2, -0.15) is 0 Å². The number of nitrogens with two attached hydrogens (primary N) is 2. The highest BCUT2D eigenvalue weighted by molar-refractivity contribution is 6.33. The molecule has 0 aliphatic rings. The van der Waals surface area contributed by atoms with E-state index in [0.29, 0.717) is 0 Å². The number of nitrogens with one attached hydrogen (secondary N) is 1. The third-order valence-corrected chi connectivity index (χ3v) is 3.64. The van der Waals surface area contributed by atoms with Crippen LogP contribution < -0.4 is 16.8 Å². The molecule has 0 amide bonds. The van der Waals surface area contributed by atoms with Crippen molar-refractivity contribution in [2.75, 3.05) is 16.8 Å². The Morgan fingerprint density at radius 1 is 1.10 bits per heavy atom. The van der Waals surface area contributed by atoms with E-state index in [0.717, 1.165) is 11.3 Å². The Balaban J connectivity index is 2.52. The first kappa shape index (κ1) is 15.4. The van der Waals surface area contributed by atoms with E-state index in [1.165, 1.54) is 6.07 Å². The van der Waals surface area contributed by atoms with Gasteiger partial charge in [0.25, 0.3) is 0 Å². The van der Waals surface area contributed by atoms with Gasteiger partial charge in [0.15, 0.2) is 5.82 Å². The first-order valence-corrected chi connectivity index (χ1v) is 6.99. The molecule has 0 aromatic heterocycles. The molecule has 3 nitrogen and oxygen atoms in total. The quantitative estimate of drug-likeness (QED) is 0.706. The van der Waals surface area contributed by atoms with E-state index in [-0.39, 0.29) is 27.5 Å². The van der Waals surface area contributed by atoms with E-state index in [9.17, 15) is 4.39 Å². The summed E-state index contributed by atoms with van der Waals surface area (Å²) in [7, 11) is 0. The van der Waals surface area contributed by atoms with Crippen LogP contribution in [0.3, 0.4) is 0 Å². The van der Waals surface area contributed by atoms with Crippen LogP contribution in [0.4, 0.5) is 27.1 Å². The number of benzene rings is 2. The Morgan fingerprint density at radius 3 is 2.33 bits per heavy atom. The fourth-order valence-electron chi connectivity index (χ4n) is 2.17. The monoisotopic (exact) mass is 307 g/mol. The fraction of sp³-hybridized carbons (Fsp3) is 0.250. The van der Waals surface area contributed by atoms with Crippen LogP contribution in [0, 0.1) is 5.82 Å². The van der Waals surface area contributed by atoms with Crippen molar-refractivity contribution < 1.29 is 4.39 Å². The summed E-state index contributed by atoms with van der Waals surface area (Å²) >= 11 is 5.86. The minimum Gasteiger partial charge on any atom is -0.397 e. The topological polar surface area (TPSA) is 64.1 Å². The van der Waals surface area contributed by atoms with Crippen molar-refractivity contribution >= 4 is 34.4 Å². The highest BCUT2D eigenvalue weighted by Crippen LogP contribution is 2.38. The summed E-state index contributed by atoms with van der Waals surface area (Å²) in [4.78, 5) is 0. The summed E-state index contributed by atoms with van der Waals surface area (Å²) in [6.45, 7) is 6.26. The van der Waals surface area contributed by atoms with E-state index in [4.69, 9.17) is 23.1 Å². The van der Waals surface area contributed by atoms with Gasteiger partial charge in [-0.05, 0) is 23.1 Å². The second kappa shape index (κ2) is 5.45. The molecule has 0 unspecified atom stereocenters. The highest BCUT2D eigenvalue weighted by atomic mass is 35.5. The minimum atomic E-state index is -0.641. The summed E-state index contributed by atoms with van der Waals surface area (Å²) in [5, 5.41) is 2.92. The molecule has 2 rings (SSSR count). The number of hydrogen-bond donors (Lipinski definition) is 3. The molecule has 0 aliphatic carbocycles. The lowest BCUT2D eigenvalue weighted by Gasteiger charge is -2.24. The van der Waals surface area contributed by atoms with Gasteiger partial charge in [0, 0.05) is 5.69 Å². The van der Waals surface area contributed by atoms with Crippen molar-refractivity contribution in [1.29, 1.82) is 0 Å². The summed E-state index contributed by atoms with van der Waals surface area (Å²) in [5.41, 5.74) is 13.7. The Kier molecular flexibility index (Phi) is 4.01. The molecule has 0 fully saturated rings. The molecule has 0 aliphatic heterocycles. The molecular weight excluding hydrogens is 289 g/mol. The molecule has 0 radical (unpaired) electrons. The molecule has 0 saturated heterocycles. The van der Waals surface area contributed by atoms with E-state index in [1.807, 2.05) is 24.3 Å². The Hall–Kier alpha value is -1.94. The van der Waals surface area contributed by atoms with Crippen LogP contribution in [-0.4, -0.2) is 0 Å². The van der Waals surface area contributed by atoms with Gasteiger partial charge in [-0.1, -0.05) is 50.6 Å². The van der Waals surface area contributed by atoms with Crippen molar-refractivity contribution in [2.24, 2.45) is 0 Å². The lowest BCUT2D eigenvalue weighted by molar-refractivity contribution is 0.592. The first-order chi connectivity index (χ1) is 9.71. The molecule has 0 saturated carbocycles. The van der Waals surface area contributed by atoms with Gasteiger partial charge in [0.05, 0.1) is 17.1 Å². The van der Waals surface area contributed by atoms with Crippen molar-refractivity contribution in [3.05, 3.63) is 46.7 Å². The van der Waals surface area contributed by atoms with Gasteiger partial charge in [-0.15, -0.1) is 0 Å². The second-order valence-electron chi connectivity index (χ2n) is 5.98. The van der Waals surface area contributed by atoms with E-state index >= 15 is 0 Å². The number of halogens is 2. The Bertz CT molecular complexity index is 678. The molecule has 0 bridgehead atoms. The van der Waals surface area contributed by atoms with Crippen molar-refractivity contribution in [2.45, 2.75) is 26.2 Å². The van der Waals surface area contributed by atoms with Crippen LogP contribution in [0.15, 0.2) is 30.3 Å². The molecule has 2 aromatic rings. The Morgan fingerprint density at radius 2 is 1.71 bits per heavy atom.